The molecular formula is C30H39FN4O3. The van der Waals surface area contributed by atoms with Crippen LogP contribution in [0.15, 0.2) is 48.5 Å². The Morgan fingerprint density at radius 3 is 2.68 bits per heavy atom. The molecule has 7 nitrogen and oxygen atoms in total. The number of hydrogen-bond donors (Lipinski definition) is 2. The van der Waals surface area contributed by atoms with E-state index in [9.17, 15) is 14.0 Å². The summed E-state index contributed by atoms with van der Waals surface area (Å²) < 4.78 is 20.2. The minimum atomic E-state index is -1.05. The number of fused-ring (bicyclic) bond motifs is 1. The van der Waals surface area contributed by atoms with Crippen LogP contribution in [0.25, 0.3) is 10.9 Å². The lowest BCUT2D eigenvalue weighted by atomic mass is 9.91. The van der Waals surface area contributed by atoms with E-state index in [2.05, 4.69) is 41.1 Å². The Hall–Kier alpha value is -3.23. The van der Waals surface area contributed by atoms with Crippen LogP contribution in [0.3, 0.4) is 0 Å². The summed E-state index contributed by atoms with van der Waals surface area (Å²) >= 11 is 0. The fraction of sp³-hybridized carbons (Fsp3) is 0.467. The third-order valence-electron chi connectivity index (χ3n) is 7.46. The van der Waals surface area contributed by atoms with Crippen LogP contribution >= 0.6 is 0 Å². The van der Waals surface area contributed by atoms with Gasteiger partial charge in [-0.05, 0) is 61.9 Å². The predicted molar refractivity (Wildman–Crippen MR) is 149 cm³/mol. The molecule has 4 rings (SSSR count). The number of carbonyl (C=O) groups is 2. The molecule has 2 amide bonds. The van der Waals surface area contributed by atoms with Gasteiger partial charge in [0.2, 0.25) is 5.91 Å². The van der Waals surface area contributed by atoms with Crippen molar-refractivity contribution in [1.82, 2.24) is 9.47 Å². The Balaban J connectivity index is 1.41. The third-order valence-corrected chi connectivity index (χ3v) is 7.46. The molecule has 204 valence electrons. The monoisotopic (exact) mass is 522 g/mol. The Morgan fingerprint density at radius 1 is 1.18 bits per heavy atom. The molecular weight excluding hydrogens is 483 g/mol. The van der Waals surface area contributed by atoms with Gasteiger partial charge in [-0.15, -0.1) is 0 Å². The van der Waals surface area contributed by atoms with E-state index in [0.717, 1.165) is 37.9 Å². The molecule has 2 heterocycles. The predicted octanol–water partition coefficient (Wildman–Crippen LogP) is 4.56. The van der Waals surface area contributed by atoms with Crippen molar-refractivity contribution < 1.29 is 18.7 Å². The molecule has 1 aromatic heterocycles. The summed E-state index contributed by atoms with van der Waals surface area (Å²) in [6.07, 6.45) is 3.80. The molecule has 0 bridgehead atoms. The summed E-state index contributed by atoms with van der Waals surface area (Å²) in [4.78, 5) is 26.5. The highest BCUT2D eigenvalue weighted by Gasteiger charge is 2.29. The van der Waals surface area contributed by atoms with Crippen molar-refractivity contribution in [3.8, 4) is 0 Å². The number of carbonyl (C=O) groups excluding carboxylic acids is 2. The molecule has 1 fully saturated rings. The highest BCUT2D eigenvalue weighted by Crippen LogP contribution is 2.36. The number of hydrogen-bond acceptors (Lipinski definition) is 4. The highest BCUT2D eigenvalue weighted by molar-refractivity contribution is 5.91. The second-order valence-corrected chi connectivity index (χ2v) is 10.3. The smallest absolute Gasteiger partial charge is 0.255 e. The van der Waals surface area contributed by atoms with E-state index in [1.807, 2.05) is 17.0 Å². The molecule has 0 spiro atoms. The lowest BCUT2D eigenvalue weighted by Crippen LogP contribution is -2.42. The first-order valence-electron chi connectivity index (χ1n) is 13.5. The van der Waals surface area contributed by atoms with E-state index < -0.39 is 12.6 Å². The van der Waals surface area contributed by atoms with E-state index in [4.69, 9.17) is 10.5 Å². The molecule has 1 unspecified atom stereocenters. The largest absolute Gasteiger partial charge is 0.385 e. The number of aryl methyl sites for hydroxylation is 2. The van der Waals surface area contributed by atoms with Crippen LogP contribution in [0, 0.1) is 6.92 Å². The average molecular weight is 523 g/mol. The zero-order chi connectivity index (χ0) is 27.1. The SMILES string of the molecule is COCCCn1c(C2CCCN(C(=O)C[C@H](N)Cc3ccc(NC(=O)CF)cc3)C2)c(C)c2ccccc21. The highest BCUT2D eigenvalue weighted by atomic mass is 19.1. The number of amides is 2. The third kappa shape index (κ3) is 6.60. The van der Waals surface area contributed by atoms with E-state index in [1.165, 1.54) is 22.2 Å². The van der Waals surface area contributed by atoms with Crippen molar-refractivity contribution in [2.45, 2.75) is 57.5 Å². The summed E-state index contributed by atoms with van der Waals surface area (Å²) in [7, 11) is 1.73. The molecule has 8 heteroatoms. The minimum Gasteiger partial charge on any atom is -0.385 e. The second kappa shape index (κ2) is 13.0. The van der Waals surface area contributed by atoms with Gasteiger partial charge in [0.25, 0.3) is 5.91 Å². The number of nitrogens with two attached hydrogens (primary N) is 1. The summed E-state index contributed by atoms with van der Waals surface area (Å²) in [5, 5.41) is 3.76. The number of ether oxygens (including phenoxy) is 1. The number of benzene rings is 2. The van der Waals surface area contributed by atoms with Gasteiger partial charge in [-0.1, -0.05) is 30.3 Å². The first kappa shape index (κ1) is 27.8. The molecule has 38 heavy (non-hydrogen) atoms. The van der Waals surface area contributed by atoms with Gasteiger partial charge in [-0.2, -0.15) is 0 Å². The van der Waals surface area contributed by atoms with Crippen molar-refractivity contribution in [3.63, 3.8) is 0 Å². The average Bonchev–Trinajstić information content (AvgIpc) is 3.21. The van der Waals surface area contributed by atoms with Crippen LogP contribution in [0.2, 0.25) is 0 Å². The van der Waals surface area contributed by atoms with Crippen LogP contribution in [0.1, 0.15) is 48.4 Å². The quantitative estimate of drug-likeness (QED) is 0.361. The lowest BCUT2D eigenvalue weighted by molar-refractivity contribution is -0.132. The topological polar surface area (TPSA) is 89.6 Å². The molecule has 0 radical (unpaired) electrons. The number of para-hydroxylation sites is 1. The van der Waals surface area contributed by atoms with Gasteiger partial charge in [0.1, 0.15) is 0 Å². The molecule has 1 aliphatic rings. The maximum atomic E-state index is 13.3. The number of rotatable bonds is 11. The minimum absolute atomic E-state index is 0.0914. The van der Waals surface area contributed by atoms with Crippen molar-refractivity contribution >= 4 is 28.4 Å². The number of aromatic nitrogens is 1. The number of anilines is 1. The van der Waals surface area contributed by atoms with Gasteiger partial charge >= 0.3 is 0 Å². The molecule has 3 N–H and O–H groups in total. The van der Waals surface area contributed by atoms with Crippen LogP contribution in [0.5, 0.6) is 0 Å². The normalized spacial score (nSPS) is 16.5. The van der Waals surface area contributed by atoms with Crippen LogP contribution in [-0.4, -0.2) is 60.8 Å². The Kier molecular flexibility index (Phi) is 9.53. The van der Waals surface area contributed by atoms with Gasteiger partial charge in [0, 0.05) is 74.0 Å². The molecule has 1 aliphatic heterocycles. The molecule has 2 atom stereocenters. The number of methoxy groups -OCH3 is 1. The molecule has 0 saturated carbocycles. The van der Waals surface area contributed by atoms with Gasteiger partial charge in [-0.25, -0.2) is 4.39 Å². The fourth-order valence-electron chi connectivity index (χ4n) is 5.70. The maximum absolute atomic E-state index is 13.3. The number of likely N-dealkylation sites (tertiary alicyclic amines) is 1. The van der Waals surface area contributed by atoms with Crippen molar-refractivity contribution in [2.75, 3.05) is 38.8 Å². The Bertz CT molecular complexity index is 1240. The zero-order valence-corrected chi connectivity index (χ0v) is 22.4. The first-order valence-corrected chi connectivity index (χ1v) is 13.5. The number of halogens is 1. The van der Waals surface area contributed by atoms with Crippen molar-refractivity contribution in [2.24, 2.45) is 5.73 Å². The lowest BCUT2D eigenvalue weighted by Gasteiger charge is -2.34. The summed E-state index contributed by atoms with van der Waals surface area (Å²) in [6, 6.07) is 15.4. The van der Waals surface area contributed by atoms with Crippen molar-refractivity contribution in [3.05, 3.63) is 65.4 Å². The molecule has 1 saturated heterocycles. The number of nitrogens with zero attached hydrogens (tertiary/aromatic N) is 2. The Morgan fingerprint density at radius 2 is 1.95 bits per heavy atom. The number of nitrogens with one attached hydrogen (secondary N) is 1. The molecule has 3 aromatic rings. The van der Waals surface area contributed by atoms with Gasteiger partial charge in [0.15, 0.2) is 6.67 Å². The van der Waals surface area contributed by atoms with E-state index >= 15 is 0 Å². The zero-order valence-electron chi connectivity index (χ0n) is 22.4. The van der Waals surface area contributed by atoms with Crippen LogP contribution in [0.4, 0.5) is 10.1 Å². The second-order valence-electron chi connectivity index (χ2n) is 10.3. The van der Waals surface area contributed by atoms with Gasteiger partial charge in [-0.3, -0.25) is 9.59 Å². The Labute approximate surface area is 224 Å². The summed E-state index contributed by atoms with van der Waals surface area (Å²) in [5.41, 5.74) is 11.8. The van der Waals surface area contributed by atoms with E-state index in [0.29, 0.717) is 25.3 Å². The fourth-order valence-corrected chi connectivity index (χ4v) is 5.70. The number of alkyl halides is 1. The van der Waals surface area contributed by atoms with Gasteiger partial charge in [0.05, 0.1) is 0 Å². The summed E-state index contributed by atoms with van der Waals surface area (Å²) in [5.74, 6) is -0.301. The van der Waals surface area contributed by atoms with E-state index in [1.54, 1.807) is 19.2 Å². The first-order chi connectivity index (χ1) is 18.4. The maximum Gasteiger partial charge on any atom is 0.255 e. The summed E-state index contributed by atoms with van der Waals surface area (Å²) in [6.45, 7) is 4.22. The molecule has 0 aliphatic carbocycles. The number of piperidine rings is 1. The van der Waals surface area contributed by atoms with Crippen LogP contribution < -0.4 is 11.1 Å². The van der Waals surface area contributed by atoms with Crippen LogP contribution in [-0.2, 0) is 27.3 Å². The van der Waals surface area contributed by atoms with E-state index in [-0.39, 0.29) is 24.3 Å². The van der Waals surface area contributed by atoms with Crippen molar-refractivity contribution in [1.29, 1.82) is 0 Å². The standard InChI is InChI=1S/C30H39FN4O3/c1-21-26-8-3-4-9-27(26)35(15-6-16-38-2)30(21)23-7-5-14-34(20-23)29(37)18-24(32)17-22-10-12-25(13-11-22)33-28(36)19-31/h3-4,8-13,23-24H,5-7,14-20,32H2,1-2H3,(H,33,36)/t23?,24-/m1/s1. The van der Waals surface area contributed by atoms with Gasteiger partial charge < -0.3 is 25.3 Å². The molecule has 2 aromatic carbocycles.